The van der Waals surface area contributed by atoms with Gasteiger partial charge >= 0.3 is 6.16 Å². The maximum atomic E-state index is 12.8. The van der Waals surface area contributed by atoms with Gasteiger partial charge in [0.15, 0.2) is 6.61 Å². The number of hydrogen-bond donors (Lipinski definition) is 1. The largest absolute Gasteiger partial charge is 0.513 e. The lowest BCUT2D eigenvalue weighted by Crippen LogP contribution is -2.47. The Morgan fingerprint density at radius 3 is 2.26 bits per heavy atom. The van der Waals surface area contributed by atoms with E-state index in [9.17, 15) is 14.4 Å². The molecule has 1 saturated heterocycles. The van der Waals surface area contributed by atoms with Crippen molar-refractivity contribution in [1.29, 1.82) is 0 Å². The number of benzene rings is 2. The van der Waals surface area contributed by atoms with Crippen LogP contribution in [0.2, 0.25) is 0 Å². The molecule has 2 aromatic carbocycles. The van der Waals surface area contributed by atoms with Crippen LogP contribution >= 0.6 is 0 Å². The third-order valence-electron chi connectivity index (χ3n) is 5.93. The van der Waals surface area contributed by atoms with Crippen molar-refractivity contribution < 1.29 is 28.6 Å². The van der Waals surface area contributed by atoms with Gasteiger partial charge in [0.25, 0.3) is 11.8 Å². The molecule has 2 amide bonds. The van der Waals surface area contributed by atoms with Crippen molar-refractivity contribution in [2.24, 2.45) is 0 Å². The lowest BCUT2D eigenvalue weighted by molar-refractivity contribution is -0.124. The zero-order valence-electron chi connectivity index (χ0n) is 20.2. The van der Waals surface area contributed by atoms with E-state index in [4.69, 9.17) is 14.2 Å². The number of nitrogens with one attached hydrogen (secondary N) is 1. The topological polar surface area (TPSA) is 94.2 Å². The smallest absolute Gasteiger partial charge is 0.483 e. The number of aryl methyl sites for hydroxylation is 2. The minimum absolute atomic E-state index is 0.000192. The third kappa shape index (κ3) is 6.50. The van der Waals surface area contributed by atoms with Gasteiger partial charge < -0.3 is 24.4 Å². The van der Waals surface area contributed by atoms with E-state index in [1.165, 1.54) is 0 Å². The molecule has 1 aliphatic rings. The van der Waals surface area contributed by atoms with E-state index < -0.39 is 6.16 Å². The molecule has 0 radical (unpaired) electrons. The molecule has 1 fully saturated rings. The number of hydrogen-bond acceptors (Lipinski definition) is 6. The first-order valence-corrected chi connectivity index (χ1v) is 11.5. The van der Waals surface area contributed by atoms with Gasteiger partial charge in [0, 0.05) is 24.7 Å². The predicted octanol–water partition coefficient (Wildman–Crippen LogP) is 3.95. The summed E-state index contributed by atoms with van der Waals surface area (Å²) in [7, 11) is 0. The molecule has 8 nitrogen and oxygen atoms in total. The van der Waals surface area contributed by atoms with E-state index >= 15 is 0 Å². The molecule has 0 atom stereocenters. The summed E-state index contributed by atoms with van der Waals surface area (Å²) in [6.45, 7) is 8.94. The number of amides is 2. The highest BCUT2D eigenvalue weighted by Gasteiger charge is 2.25. The lowest BCUT2D eigenvalue weighted by atomic mass is 10.0. The van der Waals surface area contributed by atoms with Crippen LogP contribution in [0.1, 0.15) is 46.8 Å². The number of rotatable bonds is 7. The maximum Gasteiger partial charge on any atom is 0.513 e. The standard InChI is InChI=1S/C26H32N2O6/c1-5-32-26(31)34-22-10-8-20(9-11-22)25(30)28-14-12-21(13-15-28)27-23(29)16-33-24-18(3)7-6-17(2)19(24)4/h6-11,21H,5,12-16H2,1-4H3,(H,27,29). The van der Waals surface area contributed by atoms with E-state index in [0.29, 0.717) is 37.2 Å². The molecule has 0 spiro atoms. The summed E-state index contributed by atoms with van der Waals surface area (Å²) < 4.78 is 15.6. The maximum absolute atomic E-state index is 12.8. The Hall–Kier alpha value is -3.55. The molecule has 34 heavy (non-hydrogen) atoms. The van der Waals surface area contributed by atoms with Crippen LogP contribution in [-0.4, -0.2) is 55.2 Å². The van der Waals surface area contributed by atoms with Gasteiger partial charge in [-0.15, -0.1) is 0 Å². The third-order valence-corrected chi connectivity index (χ3v) is 5.93. The quantitative estimate of drug-likeness (QED) is 0.489. The van der Waals surface area contributed by atoms with Crippen molar-refractivity contribution in [3.8, 4) is 11.5 Å². The molecule has 8 heteroatoms. The minimum Gasteiger partial charge on any atom is -0.483 e. The van der Waals surface area contributed by atoms with E-state index in [-0.39, 0.29) is 31.1 Å². The first-order valence-electron chi connectivity index (χ1n) is 11.5. The van der Waals surface area contributed by atoms with E-state index in [2.05, 4.69) is 5.32 Å². The molecule has 1 heterocycles. The molecule has 0 bridgehead atoms. The van der Waals surface area contributed by atoms with Crippen molar-refractivity contribution in [3.05, 3.63) is 58.7 Å². The summed E-state index contributed by atoms with van der Waals surface area (Å²) in [5, 5.41) is 3.02. The van der Waals surface area contributed by atoms with Crippen LogP contribution in [0.15, 0.2) is 36.4 Å². The summed E-state index contributed by atoms with van der Waals surface area (Å²) in [5.74, 6) is 0.812. The number of likely N-dealkylation sites (tertiary alicyclic amines) is 1. The molecule has 1 N–H and O–H groups in total. The zero-order valence-corrected chi connectivity index (χ0v) is 20.2. The minimum atomic E-state index is -0.778. The summed E-state index contributed by atoms with van der Waals surface area (Å²) >= 11 is 0. The van der Waals surface area contributed by atoms with Crippen molar-refractivity contribution in [2.75, 3.05) is 26.3 Å². The van der Waals surface area contributed by atoms with Crippen molar-refractivity contribution in [3.63, 3.8) is 0 Å². The van der Waals surface area contributed by atoms with Crippen LogP contribution in [0.5, 0.6) is 11.5 Å². The van der Waals surface area contributed by atoms with E-state index in [0.717, 1.165) is 22.4 Å². The van der Waals surface area contributed by atoms with Crippen molar-refractivity contribution >= 4 is 18.0 Å². The van der Waals surface area contributed by atoms with Crippen LogP contribution < -0.4 is 14.8 Å². The molecule has 0 unspecified atom stereocenters. The number of nitrogens with zero attached hydrogens (tertiary/aromatic N) is 1. The van der Waals surface area contributed by atoms with E-state index in [1.807, 2.05) is 32.9 Å². The Bertz CT molecular complexity index is 1030. The van der Waals surface area contributed by atoms with Gasteiger partial charge in [0.2, 0.25) is 0 Å². The highest BCUT2D eigenvalue weighted by Crippen LogP contribution is 2.25. The molecular weight excluding hydrogens is 436 g/mol. The van der Waals surface area contributed by atoms with Crippen LogP contribution in [0.3, 0.4) is 0 Å². The normalized spacial score (nSPS) is 13.8. The molecule has 0 saturated carbocycles. The number of ether oxygens (including phenoxy) is 3. The van der Waals surface area contributed by atoms with Crippen molar-refractivity contribution in [2.45, 2.75) is 46.6 Å². The van der Waals surface area contributed by atoms with Gasteiger partial charge in [-0.05, 0) is 81.5 Å². The average molecular weight is 469 g/mol. The Morgan fingerprint density at radius 1 is 0.971 bits per heavy atom. The van der Waals surface area contributed by atoms with Crippen LogP contribution in [0.25, 0.3) is 0 Å². The molecule has 0 aliphatic carbocycles. The first-order chi connectivity index (χ1) is 16.3. The van der Waals surface area contributed by atoms with E-state index in [1.54, 1.807) is 36.1 Å². The Kier molecular flexibility index (Phi) is 8.51. The van der Waals surface area contributed by atoms with Gasteiger partial charge in [-0.1, -0.05) is 12.1 Å². The first kappa shape index (κ1) is 25.1. The molecule has 2 aromatic rings. The van der Waals surface area contributed by atoms with Crippen LogP contribution in [0, 0.1) is 20.8 Å². The molecule has 182 valence electrons. The Labute approximate surface area is 200 Å². The van der Waals surface area contributed by atoms with Crippen LogP contribution in [0.4, 0.5) is 4.79 Å². The summed E-state index contributed by atoms with van der Waals surface area (Å²) in [6, 6.07) is 10.4. The second-order valence-corrected chi connectivity index (χ2v) is 8.39. The number of carbonyl (C=O) groups excluding carboxylic acids is 3. The van der Waals surface area contributed by atoms with Gasteiger partial charge in [-0.25, -0.2) is 4.79 Å². The SMILES string of the molecule is CCOC(=O)Oc1ccc(C(=O)N2CCC(NC(=O)COc3c(C)ccc(C)c3C)CC2)cc1. The fourth-order valence-electron chi connectivity index (χ4n) is 3.87. The summed E-state index contributed by atoms with van der Waals surface area (Å²) in [5.41, 5.74) is 3.68. The zero-order chi connectivity index (χ0) is 24.7. The second-order valence-electron chi connectivity index (χ2n) is 8.39. The Balaban J connectivity index is 1.45. The summed E-state index contributed by atoms with van der Waals surface area (Å²) in [4.78, 5) is 38.4. The van der Waals surface area contributed by atoms with Gasteiger partial charge in [-0.2, -0.15) is 0 Å². The Morgan fingerprint density at radius 2 is 1.62 bits per heavy atom. The van der Waals surface area contributed by atoms with Gasteiger partial charge in [-0.3, -0.25) is 9.59 Å². The van der Waals surface area contributed by atoms with Gasteiger partial charge in [0.05, 0.1) is 6.61 Å². The number of piperidine rings is 1. The fraction of sp³-hybridized carbons (Fsp3) is 0.423. The lowest BCUT2D eigenvalue weighted by Gasteiger charge is -2.32. The molecule has 3 rings (SSSR count). The fourth-order valence-corrected chi connectivity index (χ4v) is 3.87. The highest BCUT2D eigenvalue weighted by molar-refractivity contribution is 5.94. The predicted molar refractivity (Wildman–Crippen MR) is 127 cm³/mol. The molecule has 0 aromatic heterocycles. The molecular formula is C26H32N2O6. The van der Waals surface area contributed by atoms with Gasteiger partial charge in [0.1, 0.15) is 11.5 Å². The summed E-state index contributed by atoms with van der Waals surface area (Å²) in [6.07, 6.45) is 0.564. The average Bonchev–Trinajstić information content (AvgIpc) is 2.82. The molecule has 1 aliphatic heterocycles. The monoisotopic (exact) mass is 468 g/mol. The number of carbonyl (C=O) groups is 3. The van der Waals surface area contributed by atoms with Crippen LogP contribution in [-0.2, 0) is 9.53 Å². The van der Waals surface area contributed by atoms with Crippen molar-refractivity contribution in [1.82, 2.24) is 10.2 Å². The second kappa shape index (κ2) is 11.5. The highest BCUT2D eigenvalue weighted by atomic mass is 16.7.